The molecule has 1 atom stereocenters. The van der Waals surface area contributed by atoms with Crippen molar-refractivity contribution in [1.29, 1.82) is 0 Å². The molecule has 0 bridgehead atoms. The van der Waals surface area contributed by atoms with Crippen LogP contribution in [0.4, 0.5) is 5.69 Å². The third-order valence-electron chi connectivity index (χ3n) is 5.76. The highest BCUT2D eigenvalue weighted by molar-refractivity contribution is 8.14. The van der Waals surface area contributed by atoms with Gasteiger partial charge in [-0.3, -0.25) is 14.6 Å². The van der Waals surface area contributed by atoms with Gasteiger partial charge in [0.1, 0.15) is 11.9 Å². The molecule has 5 rings (SSSR count). The maximum atomic E-state index is 13.4. The SMILES string of the molecule is Cc1ccc(CNC(=O)CSC2=Nc3ccccc3C3=N[C@H](Cc4ccccc4)C(=O)N23)cc1. The Morgan fingerprint density at radius 1 is 0.971 bits per heavy atom. The van der Waals surface area contributed by atoms with Crippen molar-refractivity contribution in [1.82, 2.24) is 10.2 Å². The number of hydrogen-bond donors (Lipinski definition) is 1. The lowest BCUT2D eigenvalue weighted by Crippen LogP contribution is -2.42. The minimum Gasteiger partial charge on any atom is -0.351 e. The van der Waals surface area contributed by atoms with Gasteiger partial charge < -0.3 is 5.32 Å². The van der Waals surface area contributed by atoms with Crippen molar-refractivity contribution >= 4 is 40.3 Å². The van der Waals surface area contributed by atoms with Gasteiger partial charge in [-0.25, -0.2) is 9.89 Å². The van der Waals surface area contributed by atoms with Crippen LogP contribution < -0.4 is 5.32 Å². The fourth-order valence-corrected chi connectivity index (χ4v) is 4.79. The molecule has 0 unspecified atom stereocenters. The fourth-order valence-electron chi connectivity index (χ4n) is 3.96. The van der Waals surface area contributed by atoms with Gasteiger partial charge in [0, 0.05) is 18.5 Å². The Kier molecular flexibility index (Phi) is 6.27. The monoisotopic (exact) mass is 468 g/mol. The first kappa shape index (κ1) is 22.1. The first-order valence-electron chi connectivity index (χ1n) is 11.2. The maximum Gasteiger partial charge on any atom is 0.259 e. The number of rotatable bonds is 6. The summed E-state index contributed by atoms with van der Waals surface area (Å²) >= 11 is 1.26. The summed E-state index contributed by atoms with van der Waals surface area (Å²) in [5, 5.41) is 3.43. The number of aryl methyl sites for hydroxylation is 1. The lowest BCUT2D eigenvalue weighted by molar-refractivity contribution is -0.124. The zero-order valence-corrected chi connectivity index (χ0v) is 19.6. The van der Waals surface area contributed by atoms with Crippen LogP contribution in [0.5, 0.6) is 0 Å². The number of para-hydroxylation sites is 1. The number of amides is 2. The first-order chi connectivity index (χ1) is 16.6. The predicted molar refractivity (Wildman–Crippen MR) is 136 cm³/mol. The Balaban J connectivity index is 1.31. The Hall–Kier alpha value is -3.71. The molecule has 0 saturated heterocycles. The molecule has 2 heterocycles. The topological polar surface area (TPSA) is 74.1 Å². The van der Waals surface area contributed by atoms with Crippen molar-refractivity contribution < 1.29 is 9.59 Å². The largest absolute Gasteiger partial charge is 0.351 e. The second-order valence-electron chi connectivity index (χ2n) is 8.29. The molecule has 6 nitrogen and oxygen atoms in total. The summed E-state index contributed by atoms with van der Waals surface area (Å²) in [4.78, 5) is 37.0. The summed E-state index contributed by atoms with van der Waals surface area (Å²) < 4.78 is 0. The Morgan fingerprint density at radius 3 is 2.50 bits per heavy atom. The Labute approximate surface area is 202 Å². The van der Waals surface area contributed by atoms with Crippen LogP contribution in [-0.2, 0) is 22.6 Å². The summed E-state index contributed by atoms with van der Waals surface area (Å²) in [6.07, 6.45) is 0.525. The lowest BCUT2D eigenvalue weighted by atomic mass is 10.1. The molecular formula is C27H24N4O2S. The number of benzene rings is 3. The predicted octanol–water partition coefficient (Wildman–Crippen LogP) is 4.25. The van der Waals surface area contributed by atoms with E-state index < -0.39 is 6.04 Å². The van der Waals surface area contributed by atoms with Crippen molar-refractivity contribution in [3.8, 4) is 0 Å². The van der Waals surface area contributed by atoms with Crippen molar-refractivity contribution in [3.05, 3.63) is 101 Å². The molecule has 0 aromatic heterocycles. The van der Waals surface area contributed by atoms with Crippen LogP contribution in [0.15, 0.2) is 88.8 Å². The van der Waals surface area contributed by atoms with E-state index in [1.54, 1.807) is 4.90 Å². The van der Waals surface area contributed by atoms with Gasteiger partial charge in [-0.2, -0.15) is 0 Å². The maximum absolute atomic E-state index is 13.4. The number of nitrogens with one attached hydrogen (secondary N) is 1. The highest BCUT2D eigenvalue weighted by Gasteiger charge is 2.41. The minimum absolute atomic E-state index is 0.111. The highest BCUT2D eigenvalue weighted by Crippen LogP contribution is 2.34. The van der Waals surface area contributed by atoms with E-state index in [1.807, 2.05) is 85.8 Å². The molecule has 34 heavy (non-hydrogen) atoms. The van der Waals surface area contributed by atoms with Gasteiger partial charge in [-0.05, 0) is 30.2 Å². The minimum atomic E-state index is -0.510. The number of hydrogen-bond acceptors (Lipinski definition) is 5. The lowest BCUT2D eigenvalue weighted by Gasteiger charge is -2.25. The number of aliphatic imine (C=N–C) groups is 2. The number of fused-ring (bicyclic) bond motifs is 3. The molecule has 0 radical (unpaired) electrons. The highest BCUT2D eigenvalue weighted by atomic mass is 32.2. The van der Waals surface area contributed by atoms with Gasteiger partial charge in [-0.15, -0.1) is 0 Å². The van der Waals surface area contributed by atoms with Crippen LogP contribution in [0.3, 0.4) is 0 Å². The molecule has 0 fully saturated rings. The molecular weight excluding hydrogens is 444 g/mol. The molecule has 2 amide bonds. The van der Waals surface area contributed by atoms with E-state index in [4.69, 9.17) is 9.98 Å². The zero-order valence-electron chi connectivity index (χ0n) is 18.8. The third-order valence-corrected chi connectivity index (χ3v) is 6.70. The molecule has 0 aliphatic carbocycles. The van der Waals surface area contributed by atoms with Gasteiger partial charge >= 0.3 is 0 Å². The van der Waals surface area contributed by atoms with Crippen LogP contribution in [0.25, 0.3) is 0 Å². The van der Waals surface area contributed by atoms with E-state index >= 15 is 0 Å². The molecule has 2 aliphatic heterocycles. The second kappa shape index (κ2) is 9.65. The van der Waals surface area contributed by atoms with Crippen molar-refractivity contribution in [2.75, 3.05) is 5.75 Å². The molecule has 170 valence electrons. The van der Waals surface area contributed by atoms with Crippen LogP contribution in [-0.4, -0.2) is 39.5 Å². The second-order valence-corrected chi connectivity index (χ2v) is 9.24. The van der Waals surface area contributed by atoms with E-state index in [2.05, 4.69) is 5.32 Å². The summed E-state index contributed by atoms with van der Waals surface area (Å²) in [5.74, 6) is 0.546. The van der Waals surface area contributed by atoms with Crippen LogP contribution in [0.1, 0.15) is 22.3 Å². The summed E-state index contributed by atoms with van der Waals surface area (Å²) in [7, 11) is 0. The van der Waals surface area contributed by atoms with Crippen molar-refractivity contribution in [3.63, 3.8) is 0 Å². The zero-order chi connectivity index (χ0) is 23.5. The third kappa shape index (κ3) is 4.65. The Bertz CT molecular complexity index is 1290. The average Bonchev–Trinajstić information content (AvgIpc) is 3.19. The van der Waals surface area contributed by atoms with E-state index in [0.29, 0.717) is 24.0 Å². The summed E-state index contributed by atoms with van der Waals surface area (Å²) in [6.45, 7) is 2.49. The van der Waals surface area contributed by atoms with Gasteiger partial charge in [0.25, 0.3) is 5.91 Å². The van der Waals surface area contributed by atoms with Crippen LogP contribution in [0, 0.1) is 6.92 Å². The molecule has 2 aliphatic rings. The summed E-state index contributed by atoms with van der Waals surface area (Å²) in [6, 6.07) is 25.1. The normalized spacial score (nSPS) is 16.4. The number of nitrogens with zero attached hydrogens (tertiary/aromatic N) is 3. The van der Waals surface area contributed by atoms with Crippen molar-refractivity contribution in [2.45, 2.75) is 25.9 Å². The number of carbonyl (C=O) groups excluding carboxylic acids is 2. The van der Waals surface area contributed by atoms with Crippen LogP contribution >= 0.6 is 11.8 Å². The van der Waals surface area contributed by atoms with E-state index in [1.165, 1.54) is 17.3 Å². The average molecular weight is 469 g/mol. The Morgan fingerprint density at radius 2 is 1.71 bits per heavy atom. The number of carbonyl (C=O) groups is 2. The van der Waals surface area contributed by atoms with Gasteiger partial charge in [-0.1, -0.05) is 84.1 Å². The smallest absolute Gasteiger partial charge is 0.259 e. The standard InChI is InChI=1S/C27H24N4O2S/c1-18-11-13-20(14-12-18)16-28-24(32)17-34-27-30-22-10-6-5-9-21(22)25-29-23(26(33)31(25)27)15-19-7-3-2-4-8-19/h2-14,23H,15-17H2,1H3,(H,28,32)/t23-/m1/s1. The number of amidine groups is 2. The van der Waals surface area contributed by atoms with Gasteiger partial charge in [0.05, 0.1) is 11.4 Å². The fraction of sp³-hybridized carbons (Fsp3) is 0.185. The van der Waals surface area contributed by atoms with E-state index in [0.717, 1.165) is 22.4 Å². The van der Waals surface area contributed by atoms with E-state index in [9.17, 15) is 9.59 Å². The molecule has 3 aromatic rings. The first-order valence-corrected chi connectivity index (χ1v) is 12.2. The van der Waals surface area contributed by atoms with Gasteiger partial charge in [0.15, 0.2) is 5.17 Å². The molecule has 7 heteroatoms. The molecule has 0 spiro atoms. The van der Waals surface area contributed by atoms with Gasteiger partial charge in [0.2, 0.25) is 5.91 Å². The number of thioether (sulfide) groups is 1. The van der Waals surface area contributed by atoms with Crippen molar-refractivity contribution in [2.24, 2.45) is 9.98 Å². The molecule has 1 N–H and O–H groups in total. The summed E-state index contributed by atoms with van der Waals surface area (Å²) in [5.41, 5.74) is 4.87. The van der Waals surface area contributed by atoms with E-state index in [-0.39, 0.29) is 17.6 Å². The molecule has 0 saturated carbocycles. The molecule has 3 aromatic carbocycles. The quantitative estimate of drug-likeness (QED) is 0.588. The van der Waals surface area contributed by atoms with Crippen LogP contribution in [0.2, 0.25) is 0 Å².